The molecule has 1 aliphatic heterocycles. The molecule has 3 N–H and O–H groups in total. The van der Waals surface area contributed by atoms with E-state index in [1.165, 1.54) is 5.57 Å². The summed E-state index contributed by atoms with van der Waals surface area (Å²) in [6, 6.07) is 6.98. The summed E-state index contributed by atoms with van der Waals surface area (Å²) in [7, 11) is 1.62. The number of hydrogen-bond donors (Lipinski definition) is 3. The van der Waals surface area contributed by atoms with E-state index in [1.807, 2.05) is 38.1 Å². The van der Waals surface area contributed by atoms with E-state index in [0.717, 1.165) is 30.6 Å². The predicted molar refractivity (Wildman–Crippen MR) is 157 cm³/mol. The second-order valence-electron chi connectivity index (χ2n) is 12.9. The summed E-state index contributed by atoms with van der Waals surface area (Å²) in [6.45, 7) is 6.14. The summed E-state index contributed by atoms with van der Waals surface area (Å²) in [5.41, 5.74) is 0.943. The number of carbonyl (C=O) groups is 3. The molecule has 4 atom stereocenters. The number of ether oxygens (including phenoxy) is 2. The summed E-state index contributed by atoms with van der Waals surface area (Å²) >= 11 is 0. The zero-order chi connectivity index (χ0) is 29.6. The first-order valence-corrected chi connectivity index (χ1v) is 15.3. The van der Waals surface area contributed by atoms with Crippen molar-refractivity contribution in [2.45, 2.75) is 115 Å². The number of benzene rings is 1. The van der Waals surface area contributed by atoms with E-state index >= 15 is 0 Å². The van der Waals surface area contributed by atoms with Crippen molar-refractivity contribution in [2.75, 3.05) is 13.7 Å². The number of aliphatic hydroxyl groups is 1. The molecule has 0 radical (unpaired) electrons. The third-order valence-electron chi connectivity index (χ3n) is 9.28. The molecule has 41 heavy (non-hydrogen) atoms. The number of rotatable bonds is 14. The highest BCUT2D eigenvalue weighted by atomic mass is 16.6. The molecule has 226 valence electrons. The maximum atomic E-state index is 13.8. The second kappa shape index (κ2) is 13.5. The van der Waals surface area contributed by atoms with Crippen LogP contribution in [0.5, 0.6) is 5.75 Å². The molecule has 0 spiro atoms. The summed E-state index contributed by atoms with van der Waals surface area (Å²) in [4.78, 5) is 40.3. The number of Topliss-reactive ketones (excluding diaryl/α,β-unsaturated/α-hetero) is 1. The van der Waals surface area contributed by atoms with Gasteiger partial charge in [0, 0.05) is 17.4 Å². The molecular weight excluding hydrogens is 520 g/mol. The topological polar surface area (TPSA) is 117 Å². The van der Waals surface area contributed by atoms with Crippen LogP contribution in [0.1, 0.15) is 90.5 Å². The van der Waals surface area contributed by atoms with Gasteiger partial charge in [-0.15, -0.1) is 0 Å². The molecular formula is C33H48N2O6. The molecule has 8 heteroatoms. The van der Waals surface area contributed by atoms with Gasteiger partial charge in [-0.1, -0.05) is 30.7 Å². The van der Waals surface area contributed by atoms with E-state index in [1.54, 1.807) is 14.0 Å². The first kappa shape index (κ1) is 31.2. The van der Waals surface area contributed by atoms with Crippen molar-refractivity contribution in [3.05, 3.63) is 41.5 Å². The first-order valence-electron chi connectivity index (χ1n) is 15.3. The number of amides is 2. The Morgan fingerprint density at radius 1 is 1.07 bits per heavy atom. The fraction of sp³-hybridized carbons (Fsp3) is 0.667. The Kier molecular flexibility index (Phi) is 10.3. The average molecular weight is 569 g/mol. The number of methoxy groups -OCH3 is 1. The van der Waals surface area contributed by atoms with E-state index in [4.69, 9.17) is 9.47 Å². The Balaban J connectivity index is 1.43. The zero-order valence-corrected chi connectivity index (χ0v) is 25.2. The summed E-state index contributed by atoms with van der Waals surface area (Å²) in [6.07, 6.45) is 9.79. The fourth-order valence-corrected chi connectivity index (χ4v) is 6.06. The van der Waals surface area contributed by atoms with Crippen molar-refractivity contribution in [3.63, 3.8) is 0 Å². The molecule has 2 amide bonds. The number of hydrogen-bond acceptors (Lipinski definition) is 6. The quantitative estimate of drug-likeness (QED) is 0.226. The van der Waals surface area contributed by atoms with Crippen molar-refractivity contribution in [1.82, 2.24) is 10.6 Å². The van der Waals surface area contributed by atoms with E-state index in [9.17, 15) is 19.5 Å². The van der Waals surface area contributed by atoms with Gasteiger partial charge in [0.15, 0.2) is 5.78 Å². The fourth-order valence-electron chi connectivity index (χ4n) is 6.06. The molecule has 8 nitrogen and oxygen atoms in total. The van der Waals surface area contributed by atoms with Crippen LogP contribution >= 0.6 is 0 Å². The van der Waals surface area contributed by atoms with Crippen molar-refractivity contribution >= 4 is 17.6 Å². The van der Waals surface area contributed by atoms with Crippen LogP contribution in [0.15, 0.2) is 35.9 Å². The Bertz CT molecular complexity index is 1100. The lowest BCUT2D eigenvalue weighted by Gasteiger charge is -2.35. The lowest BCUT2D eigenvalue weighted by molar-refractivity contribution is -0.133. The molecule has 0 unspecified atom stereocenters. The highest BCUT2D eigenvalue weighted by Crippen LogP contribution is 2.36. The van der Waals surface area contributed by atoms with Crippen molar-refractivity contribution in [3.8, 4) is 5.75 Å². The van der Waals surface area contributed by atoms with Crippen molar-refractivity contribution in [1.29, 1.82) is 0 Å². The normalized spacial score (nSPS) is 27.7. The van der Waals surface area contributed by atoms with Crippen molar-refractivity contribution in [2.24, 2.45) is 11.3 Å². The number of carbonyl (C=O) groups excluding carboxylic acids is 3. The lowest BCUT2D eigenvalue weighted by Crippen LogP contribution is -2.48. The van der Waals surface area contributed by atoms with E-state index < -0.39 is 17.1 Å². The highest BCUT2D eigenvalue weighted by Gasteiger charge is 2.50. The summed E-state index contributed by atoms with van der Waals surface area (Å²) in [5, 5.41) is 16.2. The van der Waals surface area contributed by atoms with Crippen LogP contribution in [0.3, 0.4) is 0 Å². The van der Waals surface area contributed by atoms with Gasteiger partial charge in [-0.3, -0.25) is 14.4 Å². The largest absolute Gasteiger partial charge is 0.497 e. The smallest absolute Gasteiger partial charge is 0.226 e. The minimum atomic E-state index is -0.813. The van der Waals surface area contributed by atoms with Gasteiger partial charge in [0.1, 0.15) is 11.4 Å². The number of nitrogens with one attached hydrogen (secondary N) is 2. The Labute approximate surface area is 244 Å². The van der Waals surface area contributed by atoms with Gasteiger partial charge in [0.25, 0.3) is 0 Å². The van der Waals surface area contributed by atoms with Gasteiger partial charge in [0.2, 0.25) is 11.8 Å². The van der Waals surface area contributed by atoms with Crippen molar-refractivity contribution < 1.29 is 29.0 Å². The Morgan fingerprint density at radius 2 is 1.76 bits per heavy atom. The molecule has 0 aromatic heterocycles. The maximum Gasteiger partial charge on any atom is 0.226 e. The van der Waals surface area contributed by atoms with E-state index in [0.29, 0.717) is 58.0 Å². The third-order valence-corrected chi connectivity index (χ3v) is 9.28. The minimum Gasteiger partial charge on any atom is -0.497 e. The SMILES string of the molecule is COc1ccc(C[C@H](CC[C@@H](C)NC(=O)C2(C)CCC(O)CC2)C(=O)N[C@@H](CC2=CCCC2)C(=O)[C@@]2(C)CO2)cc1. The molecule has 1 heterocycles. The van der Waals surface area contributed by atoms with Crippen LogP contribution in [-0.2, 0) is 25.5 Å². The minimum absolute atomic E-state index is 0.0150. The van der Waals surface area contributed by atoms with Gasteiger partial charge in [-0.05, 0) is 102 Å². The van der Waals surface area contributed by atoms with Gasteiger partial charge in [-0.25, -0.2) is 0 Å². The molecule has 2 fully saturated rings. The monoisotopic (exact) mass is 568 g/mol. The molecule has 1 aromatic rings. The average Bonchev–Trinajstić information content (AvgIpc) is 3.50. The van der Waals surface area contributed by atoms with Gasteiger partial charge < -0.3 is 25.2 Å². The molecule has 1 saturated heterocycles. The van der Waals surface area contributed by atoms with Gasteiger partial charge in [0.05, 0.1) is 25.9 Å². The molecule has 1 aromatic carbocycles. The molecule has 0 bridgehead atoms. The zero-order valence-electron chi connectivity index (χ0n) is 25.2. The molecule has 2 aliphatic carbocycles. The predicted octanol–water partition coefficient (Wildman–Crippen LogP) is 4.42. The van der Waals surface area contributed by atoms with Crippen LogP contribution in [0.25, 0.3) is 0 Å². The van der Waals surface area contributed by atoms with E-state index in [-0.39, 0.29) is 35.7 Å². The van der Waals surface area contributed by atoms with Crippen LogP contribution < -0.4 is 15.4 Å². The number of allylic oxidation sites excluding steroid dienone is 1. The third kappa shape index (κ3) is 8.41. The number of ketones is 1. The first-order chi connectivity index (χ1) is 19.5. The van der Waals surface area contributed by atoms with Crippen LogP contribution in [-0.4, -0.2) is 60.2 Å². The number of epoxide rings is 1. The van der Waals surface area contributed by atoms with Crippen LogP contribution in [0, 0.1) is 11.3 Å². The Morgan fingerprint density at radius 3 is 2.34 bits per heavy atom. The summed E-state index contributed by atoms with van der Waals surface area (Å²) < 4.78 is 10.7. The second-order valence-corrected chi connectivity index (χ2v) is 12.9. The molecule has 4 rings (SSSR count). The van der Waals surface area contributed by atoms with Crippen LogP contribution in [0.4, 0.5) is 0 Å². The van der Waals surface area contributed by atoms with Gasteiger partial charge >= 0.3 is 0 Å². The standard InChI is InChI=1S/C33H48N2O6/c1-22(34-31(39)32(2)17-15-26(36)16-18-32)9-12-25(19-24-10-13-27(40-4)14-11-24)30(38)35-28(20-23-7-5-6-8-23)29(37)33(3)21-41-33/h7,10-11,13-14,22,25-26,28,36H,5-6,8-9,12,15-21H2,1-4H3,(H,34,39)(H,35,38)/t22-,25+,26?,28+,32?,33-/m1/s1. The Hall–Kier alpha value is -2.71. The lowest BCUT2D eigenvalue weighted by atomic mass is 9.74. The molecule has 1 saturated carbocycles. The molecule has 3 aliphatic rings. The van der Waals surface area contributed by atoms with E-state index in [2.05, 4.69) is 16.7 Å². The van der Waals surface area contributed by atoms with Gasteiger partial charge in [-0.2, -0.15) is 0 Å². The maximum absolute atomic E-state index is 13.8. The van der Waals surface area contributed by atoms with Crippen LogP contribution in [0.2, 0.25) is 0 Å². The summed E-state index contributed by atoms with van der Waals surface area (Å²) in [5.74, 6) is 0.190. The highest BCUT2D eigenvalue weighted by molar-refractivity contribution is 5.97. The number of aliphatic hydroxyl groups excluding tert-OH is 1.